The van der Waals surface area contributed by atoms with Crippen molar-refractivity contribution in [3.05, 3.63) is 0 Å². The predicted molar refractivity (Wildman–Crippen MR) is 52.0 cm³/mol. The van der Waals surface area contributed by atoms with Gasteiger partial charge in [0, 0.05) is 25.5 Å². The van der Waals surface area contributed by atoms with Crippen LogP contribution in [0.2, 0.25) is 0 Å². The minimum absolute atomic E-state index is 0.0313. The predicted octanol–water partition coefficient (Wildman–Crippen LogP) is 0.677. The summed E-state index contributed by atoms with van der Waals surface area (Å²) in [5.74, 6) is 2.48. The summed E-state index contributed by atoms with van der Waals surface area (Å²) in [5.41, 5.74) is 0. The van der Waals surface area contributed by atoms with Gasteiger partial charge < -0.3 is 10.4 Å². The van der Waals surface area contributed by atoms with Gasteiger partial charge in [-0.2, -0.15) is 0 Å². The first-order valence-electron chi connectivity index (χ1n) is 4.58. The maximum absolute atomic E-state index is 11.2. The number of amides is 1. The second-order valence-electron chi connectivity index (χ2n) is 2.91. The molecule has 0 heterocycles. The van der Waals surface area contributed by atoms with Crippen molar-refractivity contribution in [3.63, 3.8) is 0 Å². The van der Waals surface area contributed by atoms with Gasteiger partial charge in [-0.1, -0.05) is 6.92 Å². The van der Waals surface area contributed by atoms with E-state index in [0.29, 0.717) is 19.3 Å². The molecule has 3 heteroatoms. The Morgan fingerprint density at radius 2 is 2.38 bits per heavy atom. The summed E-state index contributed by atoms with van der Waals surface area (Å²) in [7, 11) is 0. The molecule has 0 aromatic heterocycles. The Balaban J connectivity index is 3.67. The summed E-state index contributed by atoms with van der Waals surface area (Å²) in [6.07, 6.45) is 7.44. The molecule has 0 aromatic rings. The SMILES string of the molecule is C#CCC(CC)NC(=O)CCCO. The minimum atomic E-state index is -0.0313. The minimum Gasteiger partial charge on any atom is -0.396 e. The number of rotatable bonds is 6. The highest BCUT2D eigenvalue weighted by Gasteiger charge is 2.07. The Bertz CT molecular complexity index is 184. The van der Waals surface area contributed by atoms with Crippen LogP contribution in [0.4, 0.5) is 0 Å². The van der Waals surface area contributed by atoms with Crippen molar-refractivity contribution in [2.45, 2.75) is 38.6 Å². The Morgan fingerprint density at radius 1 is 1.69 bits per heavy atom. The fraction of sp³-hybridized carbons (Fsp3) is 0.700. The summed E-state index contributed by atoms with van der Waals surface area (Å²) in [6, 6.07) is 0.0798. The number of carbonyl (C=O) groups is 1. The van der Waals surface area contributed by atoms with Gasteiger partial charge in [-0.05, 0) is 12.8 Å². The molecule has 0 aromatic carbocycles. The molecule has 0 rings (SSSR count). The van der Waals surface area contributed by atoms with Gasteiger partial charge in [0.1, 0.15) is 0 Å². The number of aliphatic hydroxyl groups excluding tert-OH is 1. The molecule has 2 N–H and O–H groups in total. The molecule has 0 spiro atoms. The highest BCUT2D eigenvalue weighted by atomic mass is 16.3. The summed E-state index contributed by atoms with van der Waals surface area (Å²) in [6.45, 7) is 2.04. The third kappa shape index (κ3) is 6.18. The first-order valence-corrected chi connectivity index (χ1v) is 4.58. The van der Waals surface area contributed by atoms with Crippen molar-refractivity contribution < 1.29 is 9.90 Å². The van der Waals surface area contributed by atoms with E-state index in [1.54, 1.807) is 0 Å². The molecule has 13 heavy (non-hydrogen) atoms. The van der Waals surface area contributed by atoms with E-state index in [9.17, 15) is 4.79 Å². The van der Waals surface area contributed by atoms with Gasteiger partial charge in [0.25, 0.3) is 0 Å². The van der Waals surface area contributed by atoms with Crippen LogP contribution in [-0.4, -0.2) is 23.7 Å². The molecule has 3 nitrogen and oxygen atoms in total. The number of nitrogens with one attached hydrogen (secondary N) is 1. The molecule has 0 aliphatic carbocycles. The summed E-state index contributed by atoms with van der Waals surface area (Å²) < 4.78 is 0. The van der Waals surface area contributed by atoms with Crippen molar-refractivity contribution in [3.8, 4) is 12.3 Å². The van der Waals surface area contributed by atoms with Crippen LogP contribution in [0, 0.1) is 12.3 Å². The van der Waals surface area contributed by atoms with Crippen molar-refractivity contribution >= 4 is 5.91 Å². The number of terminal acetylenes is 1. The smallest absolute Gasteiger partial charge is 0.220 e. The molecule has 0 fully saturated rings. The van der Waals surface area contributed by atoms with Crippen molar-refractivity contribution in [1.29, 1.82) is 0 Å². The maximum atomic E-state index is 11.2. The van der Waals surface area contributed by atoms with E-state index >= 15 is 0 Å². The lowest BCUT2D eigenvalue weighted by Crippen LogP contribution is -2.33. The van der Waals surface area contributed by atoms with Gasteiger partial charge >= 0.3 is 0 Å². The Hall–Kier alpha value is -1.01. The lowest BCUT2D eigenvalue weighted by Gasteiger charge is -2.13. The first kappa shape index (κ1) is 12.0. The van der Waals surface area contributed by atoms with Crippen molar-refractivity contribution in [2.75, 3.05) is 6.61 Å². The molecule has 0 saturated heterocycles. The fourth-order valence-corrected chi connectivity index (χ4v) is 0.979. The van der Waals surface area contributed by atoms with Crippen LogP contribution >= 0.6 is 0 Å². The lowest BCUT2D eigenvalue weighted by atomic mass is 10.1. The van der Waals surface area contributed by atoms with Gasteiger partial charge in [-0.15, -0.1) is 12.3 Å². The van der Waals surface area contributed by atoms with E-state index in [2.05, 4.69) is 11.2 Å². The summed E-state index contributed by atoms with van der Waals surface area (Å²) in [5, 5.41) is 11.3. The number of carbonyl (C=O) groups excluding carboxylic acids is 1. The maximum Gasteiger partial charge on any atom is 0.220 e. The van der Waals surface area contributed by atoms with E-state index in [1.165, 1.54) is 0 Å². The Labute approximate surface area is 79.5 Å². The summed E-state index contributed by atoms with van der Waals surface area (Å²) >= 11 is 0. The van der Waals surface area contributed by atoms with Gasteiger partial charge in [0.2, 0.25) is 5.91 Å². The fourth-order valence-electron chi connectivity index (χ4n) is 0.979. The zero-order valence-electron chi connectivity index (χ0n) is 8.05. The lowest BCUT2D eigenvalue weighted by molar-refractivity contribution is -0.122. The monoisotopic (exact) mass is 183 g/mol. The summed E-state index contributed by atoms with van der Waals surface area (Å²) in [4.78, 5) is 11.2. The molecule has 0 saturated carbocycles. The topological polar surface area (TPSA) is 49.3 Å². The molecule has 0 aliphatic rings. The number of hydrogen-bond acceptors (Lipinski definition) is 2. The highest BCUT2D eigenvalue weighted by molar-refractivity contribution is 5.76. The Morgan fingerprint density at radius 3 is 2.85 bits per heavy atom. The van der Waals surface area contributed by atoms with Crippen LogP contribution in [0.1, 0.15) is 32.6 Å². The third-order valence-corrected chi connectivity index (χ3v) is 1.78. The van der Waals surface area contributed by atoms with Gasteiger partial charge in [-0.25, -0.2) is 0 Å². The molecule has 0 aliphatic heterocycles. The molecule has 1 unspecified atom stereocenters. The highest BCUT2D eigenvalue weighted by Crippen LogP contribution is 1.97. The second-order valence-corrected chi connectivity index (χ2v) is 2.91. The van der Waals surface area contributed by atoms with Crippen LogP contribution in [-0.2, 0) is 4.79 Å². The Kier molecular flexibility index (Phi) is 7.04. The van der Waals surface area contributed by atoms with E-state index in [0.717, 1.165) is 6.42 Å². The van der Waals surface area contributed by atoms with Crippen LogP contribution < -0.4 is 5.32 Å². The van der Waals surface area contributed by atoms with E-state index in [4.69, 9.17) is 11.5 Å². The van der Waals surface area contributed by atoms with Gasteiger partial charge in [0.15, 0.2) is 0 Å². The first-order chi connectivity index (χ1) is 6.24. The molecule has 74 valence electrons. The molecule has 0 bridgehead atoms. The van der Waals surface area contributed by atoms with Crippen LogP contribution in [0.15, 0.2) is 0 Å². The zero-order valence-corrected chi connectivity index (χ0v) is 8.05. The van der Waals surface area contributed by atoms with E-state index in [-0.39, 0.29) is 18.6 Å². The average molecular weight is 183 g/mol. The molecule has 1 atom stereocenters. The number of aliphatic hydroxyl groups is 1. The van der Waals surface area contributed by atoms with Gasteiger partial charge in [0.05, 0.1) is 0 Å². The van der Waals surface area contributed by atoms with E-state index in [1.807, 2.05) is 6.92 Å². The molecular weight excluding hydrogens is 166 g/mol. The normalized spacial score (nSPS) is 11.8. The van der Waals surface area contributed by atoms with Crippen LogP contribution in [0.3, 0.4) is 0 Å². The third-order valence-electron chi connectivity index (χ3n) is 1.78. The standard InChI is InChI=1S/C10H17NO2/c1-3-6-9(4-2)11-10(13)7-5-8-12/h1,9,12H,4-8H2,2H3,(H,11,13). The second kappa shape index (κ2) is 7.63. The molecule has 1 amide bonds. The zero-order chi connectivity index (χ0) is 10.1. The average Bonchev–Trinajstić information content (AvgIpc) is 2.14. The molecular formula is C10H17NO2. The largest absolute Gasteiger partial charge is 0.396 e. The molecule has 0 radical (unpaired) electrons. The van der Waals surface area contributed by atoms with Crippen molar-refractivity contribution in [1.82, 2.24) is 5.32 Å². The van der Waals surface area contributed by atoms with Crippen molar-refractivity contribution in [2.24, 2.45) is 0 Å². The van der Waals surface area contributed by atoms with Crippen LogP contribution in [0.5, 0.6) is 0 Å². The van der Waals surface area contributed by atoms with E-state index < -0.39 is 0 Å². The number of hydrogen-bond donors (Lipinski definition) is 2. The van der Waals surface area contributed by atoms with Gasteiger partial charge in [-0.3, -0.25) is 4.79 Å². The quantitative estimate of drug-likeness (QED) is 0.595. The van der Waals surface area contributed by atoms with Crippen LogP contribution in [0.25, 0.3) is 0 Å².